The van der Waals surface area contributed by atoms with Crippen molar-refractivity contribution in [1.82, 2.24) is 8.80 Å². The normalized spacial score (nSPS) is 11.9. The van der Waals surface area contributed by atoms with Crippen LogP contribution in [0.2, 0.25) is 0 Å². The summed E-state index contributed by atoms with van der Waals surface area (Å²) in [5.41, 5.74) is 23.5. The maximum absolute atomic E-state index is 2.63. The van der Waals surface area contributed by atoms with Crippen molar-refractivity contribution >= 4 is 110 Å². The third-order valence-electron chi connectivity index (χ3n) is 17.1. The molecule has 0 amide bonds. The van der Waals surface area contributed by atoms with Gasteiger partial charge in [-0.15, -0.1) is 0 Å². The highest BCUT2D eigenvalue weighted by atomic mass is 15.2. The van der Waals surface area contributed by atoms with Gasteiger partial charge in [0.15, 0.2) is 0 Å². The van der Waals surface area contributed by atoms with E-state index in [-0.39, 0.29) is 0 Å². The smallest absolute Gasteiger partial charge is 0.0634 e. The van der Waals surface area contributed by atoms with Crippen molar-refractivity contribution in [3.63, 3.8) is 0 Å². The molecule has 0 aliphatic carbocycles. The minimum atomic E-state index is 1.10. The quantitative estimate of drug-likeness (QED) is 0.136. The van der Waals surface area contributed by atoms with Gasteiger partial charge in [0, 0.05) is 77.0 Å². The van der Waals surface area contributed by atoms with Gasteiger partial charge in [-0.1, -0.05) is 231 Å². The third-order valence-corrected chi connectivity index (χ3v) is 17.1. The van der Waals surface area contributed by atoms with E-state index >= 15 is 0 Å². The van der Waals surface area contributed by atoms with Crippen LogP contribution in [0.3, 0.4) is 0 Å². The molecular formula is C78H50N4. The number of para-hydroxylation sites is 4. The lowest BCUT2D eigenvalue weighted by molar-refractivity contribution is 1.29. The first kappa shape index (κ1) is 46.0. The highest BCUT2D eigenvalue weighted by molar-refractivity contribution is 6.39. The average Bonchev–Trinajstić information content (AvgIpc) is 1.66. The second-order valence-electron chi connectivity index (χ2n) is 21.5. The molecule has 382 valence electrons. The van der Waals surface area contributed by atoms with E-state index in [4.69, 9.17) is 0 Å². The zero-order valence-corrected chi connectivity index (χ0v) is 44.7. The summed E-state index contributed by atoms with van der Waals surface area (Å²) in [4.78, 5) is 4.89. The molecule has 17 rings (SSSR count). The van der Waals surface area contributed by atoms with Gasteiger partial charge in [-0.25, -0.2) is 0 Å². The Morgan fingerprint density at radius 3 is 0.829 bits per heavy atom. The summed E-state index contributed by atoms with van der Waals surface area (Å²) < 4.78 is 5.25. The van der Waals surface area contributed by atoms with E-state index in [2.05, 4.69) is 322 Å². The van der Waals surface area contributed by atoms with Crippen molar-refractivity contribution in [3.8, 4) is 44.5 Å². The van der Waals surface area contributed by atoms with Gasteiger partial charge in [-0.2, -0.15) is 0 Å². The molecule has 0 bridgehead atoms. The van der Waals surface area contributed by atoms with E-state index in [1.54, 1.807) is 0 Å². The Hall–Kier alpha value is -10.9. The fourth-order valence-electron chi connectivity index (χ4n) is 13.8. The van der Waals surface area contributed by atoms with Gasteiger partial charge in [-0.3, -0.25) is 0 Å². The first-order valence-electron chi connectivity index (χ1n) is 28.3. The van der Waals surface area contributed by atoms with E-state index in [9.17, 15) is 0 Å². The predicted molar refractivity (Wildman–Crippen MR) is 347 cm³/mol. The second kappa shape index (κ2) is 18.3. The maximum atomic E-state index is 2.63. The summed E-state index contributed by atoms with van der Waals surface area (Å²) in [6, 6.07) is 111. The van der Waals surface area contributed by atoms with Crippen molar-refractivity contribution in [2.75, 3.05) is 9.80 Å². The molecule has 0 aliphatic rings. The Morgan fingerprint density at radius 1 is 0.195 bits per heavy atom. The van der Waals surface area contributed by atoms with Crippen LogP contribution < -0.4 is 9.80 Å². The van der Waals surface area contributed by atoms with Crippen LogP contribution in [-0.2, 0) is 0 Å². The zero-order valence-electron chi connectivity index (χ0n) is 44.7. The Morgan fingerprint density at radius 2 is 0.476 bits per heavy atom. The Balaban J connectivity index is 0.989. The molecular weight excluding hydrogens is 993 g/mol. The molecule has 82 heavy (non-hydrogen) atoms. The zero-order chi connectivity index (χ0) is 53.8. The van der Waals surface area contributed by atoms with E-state index in [1.165, 1.54) is 121 Å². The molecule has 4 heteroatoms. The Labute approximate surface area is 474 Å². The van der Waals surface area contributed by atoms with Crippen molar-refractivity contribution in [2.24, 2.45) is 0 Å². The van der Waals surface area contributed by atoms with Crippen LogP contribution in [0.25, 0.3) is 121 Å². The topological polar surface area (TPSA) is 15.3 Å². The van der Waals surface area contributed by atoms with Gasteiger partial charge in [0.05, 0.1) is 44.5 Å². The van der Waals surface area contributed by atoms with Gasteiger partial charge < -0.3 is 18.6 Å². The van der Waals surface area contributed by atoms with Gasteiger partial charge in [0.25, 0.3) is 0 Å². The van der Waals surface area contributed by atoms with Crippen molar-refractivity contribution in [1.29, 1.82) is 0 Å². The molecule has 0 fully saturated rings. The lowest BCUT2D eigenvalue weighted by Gasteiger charge is -2.27. The lowest BCUT2D eigenvalue weighted by Crippen LogP contribution is -2.10. The Bertz CT molecular complexity index is 4880. The van der Waals surface area contributed by atoms with Crippen molar-refractivity contribution < 1.29 is 0 Å². The molecule has 13 aromatic carbocycles. The van der Waals surface area contributed by atoms with Gasteiger partial charge >= 0.3 is 0 Å². The first-order chi connectivity index (χ1) is 40.8. The van der Waals surface area contributed by atoms with Crippen LogP contribution in [0, 0.1) is 0 Å². The summed E-state index contributed by atoms with van der Waals surface area (Å²) in [6.07, 6.45) is 0. The standard InChI is InChI=1S/C78H50N4/c1-7-23-51(24-8-1)53-43-47-59(48-44-53)79(57-31-15-5-16-32-57)65-39-21-41-67-71(65)61-35-19-37-63-73-70(56-29-13-4-14-30-56)78-74(69(55-27-11-3-12-28-55)77(73)81(67)75(61)63)64-38-20-36-62-72-66(40-22-42-68(72)82(78)76(62)64)80(58-33-17-6-18-34-58)60-49-45-54(46-50-60)52-25-9-2-10-26-52/h1-50H. The summed E-state index contributed by atoms with van der Waals surface area (Å²) in [7, 11) is 0. The average molecular weight is 1040 g/mol. The molecule has 0 aliphatic heterocycles. The molecule has 4 aromatic heterocycles. The van der Waals surface area contributed by atoms with E-state index in [0.717, 1.165) is 34.1 Å². The SMILES string of the molecule is c1ccc(-c2ccc(N(c3ccccc3)c3cccc4c3c3cccc5c6c(-c7ccccc7)c7c(c(-c8ccccc8)c6n4c35)c3cccc4c5c(N(c6ccccc6)c6ccc(-c8ccccc8)cc6)cccc5n7c43)cc2)cc1. The first-order valence-corrected chi connectivity index (χ1v) is 28.3. The third kappa shape index (κ3) is 6.79. The monoisotopic (exact) mass is 1040 g/mol. The number of hydrogen-bond donors (Lipinski definition) is 0. The molecule has 0 saturated carbocycles. The number of rotatable bonds is 10. The van der Waals surface area contributed by atoms with E-state index in [1.807, 2.05) is 0 Å². The minimum absolute atomic E-state index is 1.10. The molecule has 0 saturated heterocycles. The molecule has 0 unspecified atom stereocenters. The number of fused-ring (bicyclic) bond motifs is 12. The minimum Gasteiger partial charge on any atom is -0.310 e. The number of anilines is 6. The second-order valence-corrected chi connectivity index (χ2v) is 21.5. The summed E-state index contributed by atoms with van der Waals surface area (Å²) >= 11 is 0. The van der Waals surface area contributed by atoms with Crippen LogP contribution in [0.4, 0.5) is 34.1 Å². The largest absolute Gasteiger partial charge is 0.310 e. The van der Waals surface area contributed by atoms with Gasteiger partial charge in [0.1, 0.15) is 0 Å². The van der Waals surface area contributed by atoms with Crippen LogP contribution >= 0.6 is 0 Å². The molecule has 17 aromatic rings. The fraction of sp³-hybridized carbons (Fsp3) is 0. The molecule has 4 heterocycles. The van der Waals surface area contributed by atoms with Crippen molar-refractivity contribution in [3.05, 3.63) is 303 Å². The van der Waals surface area contributed by atoms with E-state index < -0.39 is 0 Å². The molecule has 0 radical (unpaired) electrons. The summed E-state index contributed by atoms with van der Waals surface area (Å²) in [5, 5.41) is 9.81. The molecule has 4 nitrogen and oxygen atoms in total. The van der Waals surface area contributed by atoms with Crippen LogP contribution in [0.15, 0.2) is 303 Å². The number of hydrogen-bond acceptors (Lipinski definition) is 2. The van der Waals surface area contributed by atoms with Crippen LogP contribution in [0.1, 0.15) is 0 Å². The molecule has 0 atom stereocenters. The molecule has 0 N–H and O–H groups in total. The maximum Gasteiger partial charge on any atom is 0.0634 e. The number of aromatic nitrogens is 2. The van der Waals surface area contributed by atoms with Crippen LogP contribution in [0.5, 0.6) is 0 Å². The number of nitrogens with zero attached hydrogens (tertiary/aromatic N) is 4. The summed E-state index contributed by atoms with van der Waals surface area (Å²) in [6.45, 7) is 0. The van der Waals surface area contributed by atoms with Gasteiger partial charge in [-0.05, 0) is 106 Å². The molecule has 0 spiro atoms. The van der Waals surface area contributed by atoms with E-state index in [0.29, 0.717) is 0 Å². The Kier molecular flexibility index (Phi) is 10.3. The highest BCUT2D eigenvalue weighted by Gasteiger charge is 2.32. The number of benzene rings is 13. The highest BCUT2D eigenvalue weighted by Crippen LogP contribution is 2.56. The summed E-state index contributed by atoms with van der Waals surface area (Å²) in [5.74, 6) is 0. The van der Waals surface area contributed by atoms with Crippen LogP contribution in [-0.4, -0.2) is 8.80 Å². The van der Waals surface area contributed by atoms with Gasteiger partial charge in [0.2, 0.25) is 0 Å². The fourth-order valence-corrected chi connectivity index (χ4v) is 13.8. The lowest BCUT2D eigenvalue weighted by atomic mass is 9.89. The van der Waals surface area contributed by atoms with Crippen molar-refractivity contribution in [2.45, 2.75) is 0 Å². The predicted octanol–water partition coefficient (Wildman–Crippen LogP) is 21.6.